The summed E-state index contributed by atoms with van der Waals surface area (Å²) < 4.78 is 1.89. The molecule has 74 valence electrons. The fraction of sp³-hybridized carbons (Fsp3) is 0.667. The Morgan fingerprint density at radius 3 is 2.69 bits per heavy atom. The van der Waals surface area contributed by atoms with Crippen molar-refractivity contribution in [2.45, 2.75) is 18.8 Å². The second-order valence-electron chi connectivity index (χ2n) is 3.44. The van der Waals surface area contributed by atoms with Crippen LogP contribution in [0.25, 0.3) is 0 Å². The Balaban J connectivity index is 0.000000845. The van der Waals surface area contributed by atoms with Crippen molar-refractivity contribution in [1.82, 2.24) is 15.1 Å². The Labute approximate surface area is 84.9 Å². The Kier molecular flexibility index (Phi) is 3.75. The van der Waals surface area contributed by atoms with Crippen molar-refractivity contribution in [2.24, 2.45) is 7.05 Å². The first kappa shape index (κ1) is 10.5. The van der Waals surface area contributed by atoms with Crippen LogP contribution in [0.1, 0.15) is 24.5 Å². The zero-order valence-corrected chi connectivity index (χ0v) is 8.68. The molecule has 0 atom stereocenters. The molecule has 3 nitrogen and oxygen atoms in total. The molecule has 1 saturated heterocycles. The molecule has 1 aliphatic rings. The number of rotatable bonds is 1. The molecule has 2 rings (SSSR count). The molecule has 1 fully saturated rings. The van der Waals surface area contributed by atoms with Gasteiger partial charge in [-0.25, -0.2) is 0 Å². The van der Waals surface area contributed by atoms with E-state index >= 15 is 0 Å². The molecule has 0 saturated carbocycles. The lowest BCUT2D eigenvalue weighted by molar-refractivity contribution is 0.450. The lowest BCUT2D eigenvalue weighted by Gasteiger charge is -2.20. The van der Waals surface area contributed by atoms with E-state index in [2.05, 4.69) is 16.5 Å². The van der Waals surface area contributed by atoms with Crippen molar-refractivity contribution in [3.05, 3.63) is 18.0 Å². The second kappa shape index (κ2) is 4.63. The largest absolute Gasteiger partial charge is 0.317 e. The fourth-order valence-corrected chi connectivity index (χ4v) is 1.77. The SMILES string of the molecule is Cl.Cn1ccc(C2CCNCC2)n1. The Morgan fingerprint density at radius 1 is 1.46 bits per heavy atom. The first-order valence-corrected chi connectivity index (χ1v) is 4.56. The smallest absolute Gasteiger partial charge is 0.0656 e. The number of nitrogens with zero attached hydrogens (tertiary/aromatic N) is 2. The van der Waals surface area contributed by atoms with Crippen LogP contribution in [0.4, 0.5) is 0 Å². The second-order valence-corrected chi connectivity index (χ2v) is 3.44. The molecule has 0 aliphatic carbocycles. The summed E-state index contributed by atoms with van der Waals surface area (Å²) in [6, 6.07) is 2.13. The van der Waals surface area contributed by atoms with Gasteiger partial charge in [0.15, 0.2) is 0 Å². The molecule has 1 aliphatic heterocycles. The van der Waals surface area contributed by atoms with Gasteiger partial charge in [-0.05, 0) is 32.0 Å². The first-order valence-electron chi connectivity index (χ1n) is 4.56. The van der Waals surface area contributed by atoms with E-state index in [0.717, 1.165) is 13.1 Å². The number of hydrogen-bond donors (Lipinski definition) is 1. The maximum absolute atomic E-state index is 4.42. The van der Waals surface area contributed by atoms with E-state index in [1.807, 2.05) is 17.9 Å². The Bertz CT molecular complexity index is 253. The van der Waals surface area contributed by atoms with Gasteiger partial charge in [0, 0.05) is 19.2 Å². The standard InChI is InChI=1S/C9H15N3.ClH/c1-12-7-4-9(11-12)8-2-5-10-6-3-8;/h4,7-8,10H,2-3,5-6H2,1H3;1H. The van der Waals surface area contributed by atoms with Gasteiger partial charge in [-0.1, -0.05) is 0 Å². The van der Waals surface area contributed by atoms with Crippen LogP contribution in [-0.4, -0.2) is 22.9 Å². The zero-order chi connectivity index (χ0) is 8.39. The van der Waals surface area contributed by atoms with Crippen LogP contribution in [0.3, 0.4) is 0 Å². The van der Waals surface area contributed by atoms with E-state index < -0.39 is 0 Å². The minimum atomic E-state index is 0. The number of hydrogen-bond acceptors (Lipinski definition) is 2. The van der Waals surface area contributed by atoms with Crippen LogP contribution in [0.5, 0.6) is 0 Å². The molecular weight excluding hydrogens is 186 g/mol. The van der Waals surface area contributed by atoms with Gasteiger partial charge in [-0.2, -0.15) is 5.10 Å². The monoisotopic (exact) mass is 201 g/mol. The molecule has 0 spiro atoms. The molecule has 0 amide bonds. The highest BCUT2D eigenvalue weighted by Crippen LogP contribution is 2.22. The van der Waals surface area contributed by atoms with Gasteiger partial charge in [0.05, 0.1) is 5.69 Å². The minimum Gasteiger partial charge on any atom is -0.317 e. The number of piperidine rings is 1. The van der Waals surface area contributed by atoms with Crippen LogP contribution in [0.15, 0.2) is 12.3 Å². The summed E-state index contributed by atoms with van der Waals surface area (Å²) in [7, 11) is 1.98. The van der Waals surface area contributed by atoms with E-state index in [9.17, 15) is 0 Å². The average molecular weight is 202 g/mol. The number of halogens is 1. The van der Waals surface area contributed by atoms with Crippen LogP contribution < -0.4 is 5.32 Å². The normalized spacial score (nSPS) is 18.2. The summed E-state index contributed by atoms with van der Waals surface area (Å²) in [6.07, 6.45) is 4.49. The Morgan fingerprint density at radius 2 is 2.15 bits per heavy atom. The number of nitrogens with one attached hydrogen (secondary N) is 1. The van der Waals surface area contributed by atoms with Crippen LogP contribution in [0.2, 0.25) is 0 Å². The predicted octanol–water partition coefficient (Wildman–Crippen LogP) is 1.31. The fourth-order valence-electron chi connectivity index (χ4n) is 1.77. The van der Waals surface area contributed by atoms with Gasteiger partial charge in [-0.15, -0.1) is 12.4 Å². The highest BCUT2D eigenvalue weighted by Gasteiger charge is 2.16. The highest BCUT2D eigenvalue weighted by molar-refractivity contribution is 5.85. The lowest BCUT2D eigenvalue weighted by Crippen LogP contribution is -2.26. The van der Waals surface area contributed by atoms with Crippen molar-refractivity contribution < 1.29 is 0 Å². The highest BCUT2D eigenvalue weighted by atomic mass is 35.5. The van der Waals surface area contributed by atoms with Gasteiger partial charge in [0.1, 0.15) is 0 Å². The van der Waals surface area contributed by atoms with Gasteiger partial charge in [0.25, 0.3) is 0 Å². The van der Waals surface area contributed by atoms with Crippen molar-refractivity contribution in [3.8, 4) is 0 Å². The molecule has 0 unspecified atom stereocenters. The third kappa shape index (κ3) is 2.45. The maximum Gasteiger partial charge on any atom is 0.0656 e. The molecular formula is C9H16ClN3. The van der Waals surface area contributed by atoms with E-state index in [-0.39, 0.29) is 12.4 Å². The summed E-state index contributed by atoms with van der Waals surface area (Å²) >= 11 is 0. The van der Waals surface area contributed by atoms with E-state index in [1.165, 1.54) is 18.5 Å². The summed E-state index contributed by atoms with van der Waals surface area (Å²) in [6.45, 7) is 2.28. The van der Waals surface area contributed by atoms with Gasteiger partial charge in [-0.3, -0.25) is 4.68 Å². The third-order valence-electron chi connectivity index (χ3n) is 2.49. The zero-order valence-electron chi connectivity index (χ0n) is 7.86. The molecule has 4 heteroatoms. The number of aromatic nitrogens is 2. The van der Waals surface area contributed by atoms with Gasteiger partial charge >= 0.3 is 0 Å². The molecule has 2 heterocycles. The average Bonchev–Trinajstić information content (AvgIpc) is 2.54. The maximum atomic E-state index is 4.42. The van der Waals surface area contributed by atoms with Crippen LogP contribution in [-0.2, 0) is 7.05 Å². The summed E-state index contributed by atoms with van der Waals surface area (Å²) in [4.78, 5) is 0. The van der Waals surface area contributed by atoms with Gasteiger partial charge in [0.2, 0.25) is 0 Å². The van der Waals surface area contributed by atoms with Crippen LogP contribution >= 0.6 is 12.4 Å². The molecule has 0 radical (unpaired) electrons. The molecule has 0 bridgehead atoms. The lowest BCUT2D eigenvalue weighted by atomic mass is 9.95. The number of aryl methyl sites for hydroxylation is 1. The molecule has 1 N–H and O–H groups in total. The van der Waals surface area contributed by atoms with Crippen molar-refractivity contribution in [3.63, 3.8) is 0 Å². The predicted molar refractivity (Wildman–Crippen MR) is 55.3 cm³/mol. The summed E-state index contributed by atoms with van der Waals surface area (Å²) in [5.41, 5.74) is 1.26. The molecule has 0 aromatic carbocycles. The van der Waals surface area contributed by atoms with E-state index in [4.69, 9.17) is 0 Å². The summed E-state index contributed by atoms with van der Waals surface area (Å²) in [5, 5.41) is 7.78. The van der Waals surface area contributed by atoms with Gasteiger partial charge < -0.3 is 5.32 Å². The minimum absolute atomic E-state index is 0. The molecule has 1 aromatic rings. The molecule has 13 heavy (non-hydrogen) atoms. The van der Waals surface area contributed by atoms with E-state index in [0.29, 0.717) is 5.92 Å². The van der Waals surface area contributed by atoms with Crippen molar-refractivity contribution >= 4 is 12.4 Å². The Hall–Kier alpha value is -0.540. The third-order valence-corrected chi connectivity index (χ3v) is 2.49. The van der Waals surface area contributed by atoms with Crippen molar-refractivity contribution in [1.29, 1.82) is 0 Å². The summed E-state index contributed by atoms with van der Waals surface area (Å²) in [5.74, 6) is 0.687. The first-order chi connectivity index (χ1) is 5.86. The topological polar surface area (TPSA) is 29.9 Å². The van der Waals surface area contributed by atoms with Crippen LogP contribution in [0, 0.1) is 0 Å². The quantitative estimate of drug-likeness (QED) is 0.743. The van der Waals surface area contributed by atoms with E-state index in [1.54, 1.807) is 0 Å². The van der Waals surface area contributed by atoms with Crippen molar-refractivity contribution in [2.75, 3.05) is 13.1 Å². The molecule has 1 aromatic heterocycles.